The number of aliphatic carboxylic acids is 3. The zero-order valence-electron chi connectivity index (χ0n) is 11.3. The number of carboxylic acids is 3. The Morgan fingerprint density at radius 2 is 1.29 bits per heavy atom. The van der Waals surface area contributed by atoms with Crippen LogP contribution in [0.25, 0.3) is 0 Å². The molecule has 0 radical (unpaired) electrons. The van der Waals surface area contributed by atoms with Crippen LogP contribution in [0, 0.1) is 0 Å². The van der Waals surface area contributed by atoms with Crippen LogP contribution < -0.4 is 0 Å². The molecule has 0 atom stereocenters. The standard InChI is InChI=1S/C6H8O7.C2H6O.Ca.2H/c7-3(8)1-6(13,5(11)12)2-4(9)10;1-2-3;;;/h13H,1-2H2,(H,7,8)(H,9,10)(H,11,12);3H,2H2,1H3;;;/q;;+2;2*-1. The summed E-state index contributed by atoms with van der Waals surface area (Å²) in [5.41, 5.74) is -2.74. The number of carbonyl (C=O) groups is 3. The third-order valence-electron chi connectivity index (χ3n) is 1.29. The van der Waals surface area contributed by atoms with Crippen molar-refractivity contribution in [3.8, 4) is 0 Å². The Morgan fingerprint density at radius 3 is 1.41 bits per heavy atom. The number of hydrogen-bond donors (Lipinski definition) is 5. The third kappa shape index (κ3) is 11.8. The SMILES string of the molecule is CCO.O=C(O)CC(O)(CC(=O)O)C(=O)O.[Ca+2].[H-].[H-]. The van der Waals surface area contributed by atoms with Gasteiger partial charge in [0.25, 0.3) is 0 Å². The predicted molar refractivity (Wildman–Crippen MR) is 57.8 cm³/mol. The van der Waals surface area contributed by atoms with Gasteiger partial charge < -0.3 is 28.4 Å². The molecule has 0 aromatic heterocycles. The number of aliphatic hydroxyl groups excluding tert-OH is 1. The van der Waals surface area contributed by atoms with Gasteiger partial charge in [0.1, 0.15) is 0 Å². The molecule has 0 amide bonds. The summed E-state index contributed by atoms with van der Waals surface area (Å²) in [4.78, 5) is 30.5. The van der Waals surface area contributed by atoms with E-state index in [1.54, 1.807) is 6.92 Å². The fourth-order valence-electron chi connectivity index (χ4n) is 0.714. The van der Waals surface area contributed by atoms with Crippen LogP contribution in [0.5, 0.6) is 0 Å². The molecule has 98 valence electrons. The summed E-state index contributed by atoms with van der Waals surface area (Å²) in [6.07, 6.45) is -2.29. The van der Waals surface area contributed by atoms with E-state index < -0.39 is 36.4 Å². The molecule has 0 aliphatic heterocycles. The van der Waals surface area contributed by atoms with Crippen LogP contribution in [0.2, 0.25) is 0 Å². The van der Waals surface area contributed by atoms with Gasteiger partial charge in [0.05, 0.1) is 12.8 Å². The van der Waals surface area contributed by atoms with E-state index in [2.05, 4.69) is 0 Å². The molecule has 17 heavy (non-hydrogen) atoms. The summed E-state index contributed by atoms with van der Waals surface area (Å²) in [5.74, 6) is -5.02. The van der Waals surface area contributed by atoms with Crippen molar-refractivity contribution in [2.45, 2.75) is 25.4 Å². The van der Waals surface area contributed by atoms with Crippen molar-refractivity contribution < 1.29 is 42.8 Å². The first kappa shape index (κ1) is 21.8. The fourth-order valence-corrected chi connectivity index (χ4v) is 0.714. The van der Waals surface area contributed by atoms with E-state index in [-0.39, 0.29) is 47.2 Å². The zero-order valence-corrected chi connectivity index (χ0v) is 11.5. The molecule has 0 saturated carbocycles. The molecule has 0 unspecified atom stereocenters. The molecule has 9 heteroatoms. The van der Waals surface area contributed by atoms with Gasteiger partial charge in [-0.15, -0.1) is 0 Å². The second-order valence-corrected chi connectivity index (χ2v) is 2.79. The van der Waals surface area contributed by atoms with E-state index in [1.165, 1.54) is 0 Å². The first-order valence-electron chi connectivity index (χ1n) is 4.19. The molecule has 5 N–H and O–H groups in total. The molecule has 0 rings (SSSR count). The van der Waals surface area contributed by atoms with Crippen LogP contribution in [-0.2, 0) is 14.4 Å². The normalized spacial score (nSPS) is 9.35. The van der Waals surface area contributed by atoms with E-state index in [0.717, 1.165) is 0 Å². The average molecular weight is 280 g/mol. The van der Waals surface area contributed by atoms with Gasteiger partial charge in [-0.1, -0.05) is 0 Å². The summed E-state index contributed by atoms with van der Waals surface area (Å²) in [5, 5.41) is 41.4. The molecule has 0 heterocycles. The van der Waals surface area contributed by atoms with Crippen molar-refractivity contribution in [2.75, 3.05) is 6.61 Å². The minimum atomic E-state index is -2.74. The van der Waals surface area contributed by atoms with Gasteiger partial charge in [-0.2, -0.15) is 0 Å². The zero-order chi connectivity index (χ0) is 13.4. The van der Waals surface area contributed by atoms with Crippen molar-refractivity contribution in [2.24, 2.45) is 0 Å². The number of hydrogen-bond acceptors (Lipinski definition) is 5. The molecular weight excluding hydrogens is 264 g/mol. The van der Waals surface area contributed by atoms with Crippen molar-refractivity contribution in [3.05, 3.63) is 0 Å². The molecule has 0 aromatic carbocycles. The largest absolute Gasteiger partial charge is 2.00 e. The molecule has 0 aliphatic rings. The second kappa shape index (κ2) is 10.7. The molecule has 0 bridgehead atoms. The summed E-state index contributed by atoms with van der Waals surface area (Å²) in [7, 11) is 0. The molecule has 0 fully saturated rings. The van der Waals surface area contributed by atoms with Crippen LogP contribution in [0.15, 0.2) is 0 Å². The van der Waals surface area contributed by atoms with Crippen LogP contribution in [-0.4, -0.2) is 93.4 Å². The van der Waals surface area contributed by atoms with Crippen molar-refractivity contribution in [1.29, 1.82) is 0 Å². The Morgan fingerprint density at radius 1 is 1.06 bits per heavy atom. The summed E-state index contributed by atoms with van der Waals surface area (Å²) in [6.45, 7) is 1.93. The Bertz CT molecular complexity index is 257. The van der Waals surface area contributed by atoms with Gasteiger partial charge >= 0.3 is 55.6 Å². The van der Waals surface area contributed by atoms with Crippen LogP contribution in [0.4, 0.5) is 0 Å². The van der Waals surface area contributed by atoms with E-state index in [9.17, 15) is 14.4 Å². The van der Waals surface area contributed by atoms with Crippen LogP contribution in [0.1, 0.15) is 22.6 Å². The van der Waals surface area contributed by atoms with E-state index >= 15 is 0 Å². The predicted octanol–water partition coefficient (Wildman–Crippen LogP) is -1.41. The minimum absolute atomic E-state index is 0. The van der Waals surface area contributed by atoms with Crippen LogP contribution in [0.3, 0.4) is 0 Å². The number of carboxylic acid groups (broad SMARTS) is 3. The molecular formula is C8H16CaO8. The number of aliphatic hydroxyl groups is 2. The number of rotatable bonds is 5. The Hall–Kier alpha value is -0.410. The van der Waals surface area contributed by atoms with Gasteiger partial charge in [0, 0.05) is 6.61 Å². The van der Waals surface area contributed by atoms with Crippen LogP contribution >= 0.6 is 0 Å². The summed E-state index contributed by atoms with van der Waals surface area (Å²) in [6, 6.07) is 0. The van der Waals surface area contributed by atoms with Crippen molar-refractivity contribution in [3.63, 3.8) is 0 Å². The van der Waals surface area contributed by atoms with Gasteiger partial charge in [-0.3, -0.25) is 9.59 Å². The van der Waals surface area contributed by atoms with Gasteiger partial charge in [0.15, 0.2) is 5.60 Å². The maximum absolute atomic E-state index is 10.3. The van der Waals surface area contributed by atoms with Crippen molar-refractivity contribution in [1.82, 2.24) is 0 Å². The summed E-state index contributed by atoms with van der Waals surface area (Å²) < 4.78 is 0. The molecule has 0 saturated heterocycles. The smallest absolute Gasteiger partial charge is 1.00 e. The maximum Gasteiger partial charge on any atom is 2.00 e. The molecule has 0 aromatic rings. The van der Waals surface area contributed by atoms with E-state index in [1.807, 2.05) is 0 Å². The minimum Gasteiger partial charge on any atom is -1.00 e. The molecule has 8 nitrogen and oxygen atoms in total. The Labute approximate surface area is 130 Å². The van der Waals surface area contributed by atoms with Crippen molar-refractivity contribution >= 4 is 55.6 Å². The topological polar surface area (TPSA) is 152 Å². The quantitative estimate of drug-likeness (QED) is 0.385. The molecule has 0 spiro atoms. The first-order valence-corrected chi connectivity index (χ1v) is 4.19. The first-order chi connectivity index (χ1) is 7.19. The van der Waals surface area contributed by atoms with E-state index in [0.29, 0.717) is 0 Å². The van der Waals surface area contributed by atoms with Gasteiger partial charge in [-0.25, -0.2) is 4.79 Å². The van der Waals surface area contributed by atoms with Gasteiger partial charge in [-0.05, 0) is 6.92 Å². The Balaban J connectivity index is -0.0000000992. The maximum atomic E-state index is 10.3. The Kier molecular flexibility index (Phi) is 13.8. The third-order valence-corrected chi connectivity index (χ3v) is 1.29. The van der Waals surface area contributed by atoms with Gasteiger partial charge in [0.2, 0.25) is 0 Å². The second-order valence-electron chi connectivity index (χ2n) is 2.79. The molecule has 0 aliphatic carbocycles. The fraction of sp³-hybridized carbons (Fsp3) is 0.625. The monoisotopic (exact) mass is 280 g/mol. The van der Waals surface area contributed by atoms with E-state index in [4.69, 9.17) is 25.5 Å². The summed E-state index contributed by atoms with van der Waals surface area (Å²) >= 11 is 0. The average Bonchev–Trinajstić information content (AvgIpc) is 2.01.